The number of aromatic nitrogens is 2. The molecule has 0 aliphatic carbocycles. The van der Waals surface area contributed by atoms with E-state index in [1.54, 1.807) is 24.3 Å². The van der Waals surface area contributed by atoms with Gasteiger partial charge in [-0.05, 0) is 31.5 Å². The molecular formula is C16H16N4O3. The first-order valence-corrected chi connectivity index (χ1v) is 7.72. The lowest BCUT2D eigenvalue weighted by atomic mass is 10.00. The highest BCUT2D eigenvalue weighted by Crippen LogP contribution is 2.25. The van der Waals surface area contributed by atoms with Gasteiger partial charge >= 0.3 is 0 Å². The molecule has 2 aliphatic rings. The first kappa shape index (κ1) is 14.1. The van der Waals surface area contributed by atoms with E-state index in [1.807, 2.05) is 0 Å². The van der Waals surface area contributed by atoms with Gasteiger partial charge in [0.15, 0.2) is 5.82 Å². The Morgan fingerprint density at radius 2 is 1.96 bits per heavy atom. The van der Waals surface area contributed by atoms with E-state index in [-0.39, 0.29) is 24.3 Å². The fraction of sp³-hybridized carbons (Fsp3) is 0.375. The van der Waals surface area contributed by atoms with Crippen molar-refractivity contribution in [1.82, 2.24) is 20.4 Å². The van der Waals surface area contributed by atoms with Crippen LogP contribution in [0.15, 0.2) is 28.8 Å². The van der Waals surface area contributed by atoms with Crippen molar-refractivity contribution < 1.29 is 14.1 Å². The molecule has 1 aromatic heterocycles. The number of hydrogen-bond donors (Lipinski definition) is 1. The highest BCUT2D eigenvalue weighted by Gasteiger charge is 2.36. The second-order valence-corrected chi connectivity index (χ2v) is 5.83. The van der Waals surface area contributed by atoms with Crippen molar-refractivity contribution in [2.45, 2.75) is 25.3 Å². The van der Waals surface area contributed by atoms with Gasteiger partial charge in [-0.2, -0.15) is 4.98 Å². The Hall–Kier alpha value is -2.54. The summed E-state index contributed by atoms with van der Waals surface area (Å²) in [6.45, 7) is 1.86. The monoisotopic (exact) mass is 312 g/mol. The summed E-state index contributed by atoms with van der Waals surface area (Å²) < 4.78 is 5.31. The lowest BCUT2D eigenvalue weighted by Gasteiger charge is -2.18. The Bertz CT molecular complexity index is 729. The van der Waals surface area contributed by atoms with E-state index in [2.05, 4.69) is 15.5 Å². The molecule has 0 spiro atoms. The van der Waals surface area contributed by atoms with Gasteiger partial charge in [0.2, 0.25) is 5.89 Å². The van der Waals surface area contributed by atoms with Crippen LogP contribution in [-0.2, 0) is 6.54 Å². The molecule has 1 aromatic carbocycles. The molecular weight excluding hydrogens is 296 g/mol. The van der Waals surface area contributed by atoms with Gasteiger partial charge in [0.1, 0.15) is 0 Å². The number of nitrogens with zero attached hydrogens (tertiary/aromatic N) is 3. The number of amides is 2. The average Bonchev–Trinajstić information content (AvgIpc) is 3.16. The number of carbonyl (C=O) groups is 2. The number of imide groups is 1. The summed E-state index contributed by atoms with van der Waals surface area (Å²) in [5.41, 5.74) is 0.857. The van der Waals surface area contributed by atoms with Crippen molar-refractivity contribution in [3.63, 3.8) is 0 Å². The predicted octanol–water partition coefficient (Wildman–Crippen LogP) is 1.33. The molecule has 23 heavy (non-hydrogen) atoms. The molecule has 7 heteroatoms. The number of hydrogen-bond acceptors (Lipinski definition) is 6. The van der Waals surface area contributed by atoms with Crippen LogP contribution in [0.5, 0.6) is 0 Å². The molecule has 0 saturated carbocycles. The lowest BCUT2D eigenvalue weighted by molar-refractivity contribution is 0.0637. The Labute approximate surface area is 132 Å². The minimum Gasteiger partial charge on any atom is -0.339 e. The van der Waals surface area contributed by atoms with Crippen molar-refractivity contribution in [3.05, 3.63) is 47.1 Å². The average molecular weight is 312 g/mol. The number of piperidine rings is 1. The Kier molecular flexibility index (Phi) is 3.42. The van der Waals surface area contributed by atoms with Gasteiger partial charge in [-0.15, -0.1) is 0 Å². The molecule has 2 amide bonds. The summed E-state index contributed by atoms with van der Waals surface area (Å²) in [5.74, 6) is 0.517. The Morgan fingerprint density at radius 3 is 2.61 bits per heavy atom. The van der Waals surface area contributed by atoms with Crippen LogP contribution in [-0.4, -0.2) is 39.9 Å². The summed E-state index contributed by atoms with van der Waals surface area (Å²) in [6, 6.07) is 6.81. The molecule has 1 saturated heterocycles. The second-order valence-electron chi connectivity index (χ2n) is 5.83. The Morgan fingerprint density at radius 1 is 1.22 bits per heavy atom. The van der Waals surface area contributed by atoms with Gasteiger partial charge in [0.05, 0.1) is 23.6 Å². The number of rotatable bonds is 3. The van der Waals surface area contributed by atoms with E-state index < -0.39 is 0 Å². The molecule has 7 nitrogen and oxygen atoms in total. The predicted molar refractivity (Wildman–Crippen MR) is 79.8 cm³/mol. The van der Waals surface area contributed by atoms with Gasteiger partial charge in [-0.3, -0.25) is 14.5 Å². The third-order valence-electron chi connectivity index (χ3n) is 4.31. The van der Waals surface area contributed by atoms with E-state index in [9.17, 15) is 9.59 Å². The van der Waals surface area contributed by atoms with Gasteiger partial charge in [-0.1, -0.05) is 17.3 Å². The van der Waals surface area contributed by atoms with Gasteiger partial charge in [0.25, 0.3) is 11.8 Å². The van der Waals surface area contributed by atoms with Crippen LogP contribution in [0, 0.1) is 0 Å². The van der Waals surface area contributed by atoms with Crippen LogP contribution < -0.4 is 5.32 Å². The number of benzene rings is 1. The highest BCUT2D eigenvalue weighted by molar-refractivity contribution is 6.21. The van der Waals surface area contributed by atoms with Crippen LogP contribution in [0.3, 0.4) is 0 Å². The summed E-state index contributed by atoms with van der Waals surface area (Å²) in [7, 11) is 0. The number of fused-ring (bicyclic) bond motifs is 1. The molecule has 1 N–H and O–H groups in total. The number of carbonyl (C=O) groups excluding carboxylic acids is 2. The fourth-order valence-corrected chi connectivity index (χ4v) is 3.08. The smallest absolute Gasteiger partial charge is 0.261 e. The van der Waals surface area contributed by atoms with Crippen molar-refractivity contribution >= 4 is 11.8 Å². The molecule has 118 valence electrons. The van der Waals surface area contributed by atoms with E-state index in [1.165, 1.54) is 4.90 Å². The SMILES string of the molecule is O=C1c2ccccc2C(=O)N1Cc1noc([C@@H]2CCCNC2)n1. The van der Waals surface area contributed by atoms with Crippen LogP contribution in [0.4, 0.5) is 0 Å². The van der Waals surface area contributed by atoms with Crippen LogP contribution in [0.25, 0.3) is 0 Å². The number of nitrogens with one attached hydrogen (secondary N) is 1. The zero-order chi connectivity index (χ0) is 15.8. The molecule has 0 unspecified atom stereocenters. The molecule has 4 rings (SSSR count). The van der Waals surface area contributed by atoms with Crippen molar-refractivity contribution in [2.75, 3.05) is 13.1 Å². The topological polar surface area (TPSA) is 88.3 Å². The summed E-state index contributed by atoms with van der Waals surface area (Å²) in [5, 5.41) is 7.22. The fourth-order valence-electron chi connectivity index (χ4n) is 3.08. The first-order valence-electron chi connectivity index (χ1n) is 7.72. The van der Waals surface area contributed by atoms with E-state index in [4.69, 9.17) is 4.52 Å². The molecule has 1 fully saturated rings. The zero-order valence-corrected chi connectivity index (χ0v) is 12.5. The minimum atomic E-state index is -0.309. The van der Waals surface area contributed by atoms with Gasteiger partial charge in [0, 0.05) is 6.54 Å². The lowest BCUT2D eigenvalue weighted by Crippen LogP contribution is -2.30. The van der Waals surface area contributed by atoms with Crippen molar-refractivity contribution in [3.8, 4) is 0 Å². The Balaban J connectivity index is 1.52. The van der Waals surface area contributed by atoms with Gasteiger partial charge < -0.3 is 9.84 Å². The molecule has 0 radical (unpaired) electrons. The summed E-state index contributed by atoms with van der Waals surface area (Å²) in [4.78, 5) is 30.2. The zero-order valence-electron chi connectivity index (χ0n) is 12.5. The highest BCUT2D eigenvalue weighted by atomic mass is 16.5. The van der Waals surface area contributed by atoms with Crippen LogP contribution in [0.2, 0.25) is 0 Å². The molecule has 2 aliphatic heterocycles. The third kappa shape index (κ3) is 2.43. The maximum atomic E-state index is 12.3. The maximum Gasteiger partial charge on any atom is 0.261 e. The molecule has 1 atom stereocenters. The van der Waals surface area contributed by atoms with E-state index in [0.717, 1.165) is 25.9 Å². The van der Waals surface area contributed by atoms with E-state index in [0.29, 0.717) is 22.8 Å². The summed E-state index contributed by atoms with van der Waals surface area (Å²) in [6.07, 6.45) is 2.07. The standard InChI is InChI=1S/C16H16N4O3/c21-15-11-5-1-2-6-12(11)16(22)20(15)9-13-18-14(23-19-13)10-4-3-7-17-8-10/h1-2,5-6,10,17H,3-4,7-9H2/t10-/m1/s1. The largest absolute Gasteiger partial charge is 0.339 e. The van der Waals surface area contributed by atoms with Gasteiger partial charge in [-0.25, -0.2) is 0 Å². The first-order chi connectivity index (χ1) is 11.2. The molecule has 2 aromatic rings. The molecule has 0 bridgehead atoms. The van der Waals surface area contributed by atoms with E-state index >= 15 is 0 Å². The van der Waals surface area contributed by atoms with Crippen molar-refractivity contribution in [2.24, 2.45) is 0 Å². The normalized spacial score (nSPS) is 20.9. The quantitative estimate of drug-likeness (QED) is 0.860. The second kappa shape index (κ2) is 5.58. The van der Waals surface area contributed by atoms with Crippen molar-refractivity contribution in [1.29, 1.82) is 0 Å². The van der Waals surface area contributed by atoms with Crippen LogP contribution in [0.1, 0.15) is 51.2 Å². The maximum absolute atomic E-state index is 12.3. The minimum absolute atomic E-state index is 0.0377. The van der Waals surface area contributed by atoms with Crippen LogP contribution >= 0.6 is 0 Å². The molecule has 3 heterocycles. The third-order valence-corrected chi connectivity index (χ3v) is 4.31. The summed E-state index contributed by atoms with van der Waals surface area (Å²) >= 11 is 0.